The highest BCUT2D eigenvalue weighted by atomic mass is 32.1. The fourth-order valence-electron chi connectivity index (χ4n) is 3.07. The third-order valence-electron chi connectivity index (χ3n) is 4.51. The zero-order chi connectivity index (χ0) is 17.6. The molecule has 1 unspecified atom stereocenters. The molecule has 0 radical (unpaired) electrons. The molecule has 9 heteroatoms. The third-order valence-corrected chi connectivity index (χ3v) is 5.61. The van der Waals surface area contributed by atoms with E-state index in [2.05, 4.69) is 25.1 Å². The van der Waals surface area contributed by atoms with Crippen LogP contribution in [0.3, 0.4) is 0 Å². The van der Waals surface area contributed by atoms with Crippen molar-refractivity contribution in [2.24, 2.45) is 0 Å². The van der Waals surface area contributed by atoms with E-state index in [0.29, 0.717) is 49.3 Å². The SMILES string of the molecule is Cc1nnc(C2COCCN2Cc2nc3sc(C)c(C)c3c(=O)[nH]2)o1. The van der Waals surface area contributed by atoms with Gasteiger partial charge < -0.3 is 14.1 Å². The molecule has 0 aliphatic carbocycles. The minimum atomic E-state index is -0.136. The average Bonchev–Trinajstić information content (AvgIpc) is 3.12. The van der Waals surface area contributed by atoms with Gasteiger partial charge in [-0.3, -0.25) is 9.69 Å². The Hall–Kier alpha value is -2.10. The molecule has 1 aliphatic heterocycles. The molecule has 132 valence electrons. The van der Waals surface area contributed by atoms with Crippen LogP contribution in [0.5, 0.6) is 0 Å². The molecule has 1 aliphatic rings. The summed E-state index contributed by atoms with van der Waals surface area (Å²) in [6.45, 7) is 8.03. The number of aromatic amines is 1. The van der Waals surface area contributed by atoms with Crippen molar-refractivity contribution in [2.75, 3.05) is 19.8 Å². The average molecular weight is 361 g/mol. The van der Waals surface area contributed by atoms with Crippen LogP contribution in [-0.2, 0) is 11.3 Å². The number of H-pyrrole nitrogens is 1. The lowest BCUT2D eigenvalue weighted by Crippen LogP contribution is -2.39. The summed E-state index contributed by atoms with van der Waals surface area (Å²) in [7, 11) is 0. The van der Waals surface area contributed by atoms with Crippen LogP contribution in [0.25, 0.3) is 10.2 Å². The summed E-state index contributed by atoms with van der Waals surface area (Å²) in [6.07, 6.45) is 0. The highest BCUT2D eigenvalue weighted by Crippen LogP contribution is 2.27. The Balaban J connectivity index is 1.66. The molecule has 0 aromatic carbocycles. The lowest BCUT2D eigenvalue weighted by Gasteiger charge is -2.32. The van der Waals surface area contributed by atoms with E-state index >= 15 is 0 Å². The zero-order valence-corrected chi connectivity index (χ0v) is 15.1. The van der Waals surface area contributed by atoms with Gasteiger partial charge in [0.2, 0.25) is 11.8 Å². The van der Waals surface area contributed by atoms with E-state index in [-0.39, 0.29) is 11.6 Å². The quantitative estimate of drug-likeness (QED) is 0.760. The number of nitrogens with one attached hydrogen (secondary N) is 1. The van der Waals surface area contributed by atoms with Gasteiger partial charge >= 0.3 is 0 Å². The van der Waals surface area contributed by atoms with Gasteiger partial charge in [-0.1, -0.05) is 0 Å². The summed E-state index contributed by atoms with van der Waals surface area (Å²) < 4.78 is 11.1. The first kappa shape index (κ1) is 16.4. The molecule has 3 aromatic heterocycles. The van der Waals surface area contributed by atoms with Crippen molar-refractivity contribution in [1.29, 1.82) is 0 Å². The number of nitrogens with zero attached hydrogens (tertiary/aromatic N) is 4. The molecule has 0 bridgehead atoms. The van der Waals surface area contributed by atoms with Gasteiger partial charge in [-0.15, -0.1) is 21.5 Å². The number of hydrogen-bond acceptors (Lipinski definition) is 8. The molecule has 1 atom stereocenters. The molecule has 1 fully saturated rings. The van der Waals surface area contributed by atoms with Gasteiger partial charge in [0.05, 0.1) is 25.1 Å². The smallest absolute Gasteiger partial charge is 0.259 e. The molecule has 0 saturated carbocycles. The van der Waals surface area contributed by atoms with E-state index in [4.69, 9.17) is 9.15 Å². The highest BCUT2D eigenvalue weighted by molar-refractivity contribution is 7.18. The molecule has 0 amide bonds. The van der Waals surface area contributed by atoms with Crippen LogP contribution in [0.15, 0.2) is 9.21 Å². The minimum absolute atomic E-state index is 0.0831. The first-order chi connectivity index (χ1) is 12.0. The lowest BCUT2D eigenvalue weighted by molar-refractivity contribution is -0.0236. The largest absolute Gasteiger partial charge is 0.424 e. The standard InChI is InChI=1S/C16H19N5O3S/c1-8-9(2)25-16-13(8)14(22)17-12(18-16)6-21-4-5-23-7-11(21)15-20-19-10(3)24-15/h11H,4-7H2,1-3H3,(H,17,18,22). The molecule has 4 rings (SSSR count). The van der Waals surface area contributed by atoms with Crippen molar-refractivity contribution in [1.82, 2.24) is 25.1 Å². The van der Waals surface area contributed by atoms with Crippen molar-refractivity contribution in [3.63, 3.8) is 0 Å². The van der Waals surface area contributed by atoms with E-state index in [1.807, 2.05) is 13.8 Å². The summed E-state index contributed by atoms with van der Waals surface area (Å²) in [4.78, 5) is 24.1. The maximum atomic E-state index is 12.5. The fourth-order valence-corrected chi connectivity index (χ4v) is 4.12. The third kappa shape index (κ3) is 2.99. The van der Waals surface area contributed by atoms with Crippen LogP contribution >= 0.6 is 11.3 Å². The van der Waals surface area contributed by atoms with Crippen LogP contribution in [0.1, 0.15) is 34.1 Å². The van der Waals surface area contributed by atoms with Gasteiger partial charge in [0.25, 0.3) is 5.56 Å². The first-order valence-corrected chi connectivity index (χ1v) is 8.95. The molecular formula is C16H19N5O3S. The maximum absolute atomic E-state index is 12.5. The van der Waals surface area contributed by atoms with Crippen LogP contribution in [-0.4, -0.2) is 44.8 Å². The molecule has 3 aromatic rings. The molecule has 8 nitrogen and oxygen atoms in total. The number of rotatable bonds is 3. The number of aryl methyl sites for hydroxylation is 3. The lowest BCUT2D eigenvalue weighted by atomic mass is 10.2. The van der Waals surface area contributed by atoms with Crippen molar-refractivity contribution < 1.29 is 9.15 Å². The van der Waals surface area contributed by atoms with Crippen LogP contribution in [0.2, 0.25) is 0 Å². The number of fused-ring (bicyclic) bond motifs is 1. The monoisotopic (exact) mass is 361 g/mol. The summed E-state index contributed by atoms with van der Waals surface area (Å²) in [5.41, 5.74) is 0.922. The number of thiophene rings is 1. The van der Waals surface area contributed by atoms with E-state index in [1.54, 1.807) is 18.3 Å². The molecule has 1 N–H and O–H groups in total. The summed E-state index contributed by atoms with van der Waals surface area (Å²) >= 11 is 1.55. The number of morpholine rings is 1. The number of hydrogen-bond donors (Lipinski definition) is 1. The molecule has 1 saturated heterocycles. The van der Waals surface area contributed by atoms with E-state index in [9.17, 15) is 4.79 Å². The van der Waals surface area contributed by atoms with E-state index < -0.39 is 0 Å². The fraction of sp³-hybridized carbons (Fsp3) is 0.500. The Bertz CT molecular complexity index is 976. The molecular weight excluding hydrogens is 342 g/mol. The van der Waals surface area contributed by atoms with Gasteiger partial charge in [0.1, 0.15) is 16.7 Å². The molecule has 4 heterocycles. The Morgan fingerprint density at radius 1 is 1.32 bits per heavy atom. The second kappa shape index (κ2) is 6.32. The van der Waals surface area contributed by atoms with Gasteiger partial charge in [-0.25, -0.2) is 4.98 Å². The normalized spacial score (nSPS) is 18.9. The first-order valence-electron chi connectivity index (χ1n) is 8.13. The van der Waals surface area contributed by atoms with Gasteiger partial charge in [0, 0.05) is 18.3 Å². The van der Waals surface area contributed by atoms with Gasteiger partial charge in [0.15, 0.2) is 0 Å². The summed E-state index contributed by atoms with van der Waals surface area (Å²) in [5.74, 6) is 1.70. The summed E-state index contributed by atoms with van der Waals surface area (Å²) in [6, 6.07) is -0.136. The Labute approximate surface area is 147 Å². The van der Waals surface area contributed by atoms with Crippen molar-refractivity contribution in [3.05, 3.63) is 38.4 Å². The van der Waals surface area contributed by atoms with Crippen molar-refractivity contribution in [3.8, 4) is 0 Å². The Morgan fingerprint density at radius 3 is 2.92 bits per heavy atom. The van der Waals surface area contributed by atoms with E-state index in [1.165, 1.54) is 0 Å². The number of ether oxygens (including phenoxy) is 1. The second-order valence-corrected chi connectivity index (χ2v) is 7.40. The van der Waals surface area contributed by atoms with Gasteiger partial charge in [-0.05, 0) is 19.4 Å². The predicted octanol–water partition coefficient (Wildman–Crippen LogP) is 1.87. The number of aromatic nitrogens is 4. The van der Waals surface area contributed by atoms with Crippen molar-refractivity contribution in [2.45, 2.75) is 33.4 Å². The van der Waals surface area contributed by atoms with E-state index in [0.717, 1.165) is 15.3 Å². The van der Waals surface area contributed by atoms with Gasteiger partial charge in [-0.2, -0.15) is 0 Å². The van der Waals surface area contributed by atoms with Crippen LogP contribution in [0.4, 0.5) is 0 Å². The predicted molar refractivity (Wildman–Crippen MR) is 92.7 cm³/mol. The maximum Gasteiger partial charge on any atom is 0.259 e. The molecule has 0 spiro atoms. The Morgan fingerprint density at radius 2 is 2.16 bits per heavy atom. The second-order valence-electron chi connectivity index (χ2n) is 6.20. The summed E-state index contributed by atoms with van der Waals surface area (Å²) in [5, 5.41) is 8.71. The zero-order valence-electron chi connectivity index (χ0n) is 14.3. The van der Waals surface area contributed by atoms with Crippen molar-refractivity contribution >= 4 is 21.6 Å². The van der Waals surface area contributed by atoms with Crippen LogP contribution < -0.4 is 5.56 Å². The van der Waals surface area contributed by atoms with Crippen LogP contribution in [0, 0.1) is 20.8 Å². The molecule has 25 heavy (non-hydrogen) atoms. The topological polar surface area (TPSA) is 97.1 Å². The minimum Gasteiger partial charge on any atom is -0.424 e. The highest BCUT2D eigenvalue weighted by Gasteiger charge is 2.29. The Kier molecular flexibility index (Phi) is 4.14.